The second kappa shape index (κ2) is 4.73. The molecule has 0 amide bonds. The molecular weight excluding hydrogens is 298 g/mol. The van der Waals surface area contributed by atoms with E-state index in [1.165, 1.54) is 0 Å². The molecular formula is C12H10BrN3O2. The Labute approximate surface area is 112 Å². The topological polar surface area (TPSA) is 89.1 Å². The van der Waals surface area contributed by atoms with Crippen LogP contribution in [0.5, 0.6) is 0 Å². The number of carbonyl (C=O) groups is 1. The number of rotatable bonds is 2. The Morgan fingerprint density at radius 2 is 2.00 bits per heavy atom. The van der Waals surface area contributed by atoms with Crippen LogP contribution in [0.1, 0.15) is 16.1 Å². The number of nitrogen functional groups attached to an aromatic ring is 1. The van der Waals surface area contributed by atoms with Gasteiger partial charge in [0.2, 0.25) is 5.95 Å². The van der Waals surface area contributed by atoms with E-state index in [1.54, 1.807) is 19.1 Å². The van der Waals surface area contributed by atoms with Crippen LogP contribution in [0.25, 0.3) is 11.3 Å². The molecule has 0 aliphatic rings. The highest BCUT2D eigenvalue weighted by Gasteiger charge is 2.19. The van der Waals surface area contributed by atoms with Gasteiger partial charge in [0, 0.05) is 10.0 Å². The quantitative estimate of drug-likeness (QED) is 0.889. The zero-order chi connectivity index (χ0) is 13.3. The van der Waals surface area contributed by atoms with E-state index in [0.717, 1.165) is 4.47 Å². The third-order valence-corrected chi connectivity index (χ3v) is 3.14. The number of hydrogen-bond donors (Lipinski definition) is 2. The fourth-order valence-electron chi connectivity index (χ4n) is 1.70. The maximum absolute atomic E-state index is 11.3. The lowest BCUT2D eigenvalue weighted by Crippen LogP contribution is -2.09. The molecule has 6 heteroatoms. The van der Waals surface area contributed by atoms with Crippen LogP contribution in [0, 0.1) is 6.92 Å². The summed E-state index contributed by atoms with van der Waals surface area (Å²) in [5.74, 6) is -1.01. The van der Waals surface area contributed by atoms with Gasteiger partial charge in [0.1, 0.15) is 5.56 Å². The molecule has 1 aromatic heterocycles. The van der Waals surface area contributed by atoms with Crippen LogP contribution in [0.15, 0.2) is 28.7 Å². The number of hydrogen-bond acceptors (Lipinski definition) is 4. The van der Waals surface area contributed by atoms with Crippen molar-refractivity contribution in [3.8, 4) is 11.3 Å². The molecule has 0 aliphatic carbocycles. The number of halogens is 1. The van der Waals surface area contributed by atoms with Crippen molar-refractivity contribution in [1.29, 1.82) is 0 Å². The first kappa shape index (κ1) is 12.5. The van der Waals surface area contributed by atoms with Crippen molar-refractivity contribution in [3.63, 3.8) is 0 Å². The Morgan fingerprint density at radius 3 is 2.61 bits per heavy atom. The van der Waals surface area contributed by atoms with E-state index in [4.69, 9.17) is 5.73 Å². The standard InChI is InChI=1S/C12H10BrN3O2/c1-6-9(11(17)18)10(16-12(14)15-6)7-4-2-3-5-8(7)13/h2-5H,1H3,(H,17,18)(H2,14,15,16). The van der Waals surface area contributed by atoms with Gasteiger partial charge in [0.15, 0.2) is 0 Å². The predicted octanol–water partition coefficient (Wildman–Crippen LogP) is 2.49. The fourth-order valence-corrected chi connectivity index (χ4v) is 2.17. The summed E-state index contributed by atoms with van der Waals surface area (Å²) in [6.45, 7) is 1.60. The number of anilines is 1. The smallest absolute Gasteiger partial charge is 0.339 e. The number of nitrogens with two attached hydrogens (primary N) is 1. The zero-order valence-corrected chi connectivity index (χ0v) is 11.1. The van der Waals surface area contributed by atoms with Gasteiger partial charge in [-0.1, -0.05) is 34.1 Å². The molecule has 2 aromatic rings. The molecule has 1 heterocycles. The summed E-state index contributed by atoms with van der Waals surface area (Å²) < 4.78 is 0.755. The maximum atomic E-state index is 11.3. The normalized spacial score (nSPS) is 10.3. The lowest BCUT2D eigenvalue weighted by atomic mass is 10.0. The van der Waals surface area contributed by atoms with Gasteiger partial charge in [0.05, 0.1) is 11.4 Å². The minimum Gasteiger partial charge on any atom is -0.478 e. The van der Waals surface area contributed by atoms with Crippen LogP contribution in [0.2, 0.25) is 0 Å². The van der Waals surface area contributed by atoms with E-state index in [2.05, 4.69) is 25.9 Å². The number of aromatic carboxylic acids is 1. The Kier molecular flexibility index (Phi) is 3.29. The Bertz CT molecular complexity index is 629. The monoisotopic (exact) mass is 307 g/mol. The van der Waals surface area contributed by atoms with Gasteiger partial charge in [-0.25, -0.2) is 14.8 Å². The Balaban J connectivity index is 2.78. The van der Waals surface area contributed by atoms with Crippen LogP contribution < -0.4 is 5.73 Å². The average Bonchev–Trinajstić information content (AvgIpc) is 2.27. The summed E-state index contributed by atoms with van der Waals surface area (Å²) in [6.07, 6.45) is 0. The first-order valence-electron chi connectivity index (χ1n) is 5.13. The van der Waals surface area contributed by atoms with E-state index >= 15 is 0 Å². The third kappa shape index (κ3) is 2.19. The summed E-state index contributed by atoms with van der Waals surface area (Å²) in [7, 11) is 0. The van der Waals surface area contributed by atoms with E-state index in [0.29, 0.717) is 17.0 Å². The van der Waals surface area contributed by atoms with Gasteiger partial charge in [-0.05, 0) is 13.0 Å². The van der Waals surface area contributed by atoms with E-state index in [1.807, 2.05) is 12.1 Å². The molecule has 0 fully saturated rings. The summed E-state index contributed by atoms with van der Waals surface area (Å²) in [6, 6.07) is 7.23. The van der Waals surface area contributed by atoms with Crippen molar-refractivity contribution in [2.45, 2.75) is 6.92 Å². The SMILES string of the molecule is Cc1nc(N)nc(-c2ccccc2Br)c1C(=O)O. The van der Waals surface area contributed by atoms with Crippen molar-refractivity contribution in [2.24, 2.45) is 0 Å². The summed E-state index contributed by atoms with van der Waals surface area (Å²) in [4.78, 5) is 19.2. The molecule has 18 heavy (non-hydrogen) atoms. The number of benzene rings is 1. The molecule has 3 N–H and O–H groups in total. The average molecular weight is 308 g/mol. The fraction of sp³-hybridized carbons (Fsp3) is 0.0833. The van der Waals surface area contributed by atoms with Crippen molar-refractivity contribution in [1.82, 2.24) is 9.97 Å². The van der Waals surface area contributed by atoms with Crippen molar-refractivity contribution in [3.05, 3.63) is 40.0 Å². The first-order valence-corrected chi connectivity index (χ1v) is 5.92. The molecule has 5 nitrogen and oxygen atoms in total. The van der Waals surface area contributed by atoms with Gasteiger partial charge in [-0.15, -0.1) is 0 Å². The third-order valence-electron chi connectivity index (χ3n) is 2.45. The van der Waals surface area contributed by atoms with Gasteiger partial charge >= 0.3 is 5.97 Å². The minimum absolute atomic E-state index is 0.0586. The summed E-state index contributed by atoms with van der Waals surface area (Å²) >= 11 is 3.37. The Hall–Kier alpha value is -1.95. The van der Waals surface area contributed by atoms with E-state index in [-0.39, 0.29) is 11.5 Å². The first-order chi connectivity index (χ1) is 8.50. The lowest BCUT2D eigenvalue weighted by molar-refractivity contribution is 0.0696. The molecule has 1 aromatic carbocycles. The number of aryl methyl sites for hydroxylation is 1. The van der Waals surface area contributed by atoms with Gasteiger partial charge in [0.25, 0.3) is 0 Å². The van der Waals surface area contributed by atoms with E-state index < -0.39 is 5.97 Å². The molecule has 0 unspecified atom stereocenters. The number of aromatic nitrogens is 2. The van der Waals surface area contributed by atoms with E-state index in [9.17, 15) is 9.90 Å². The zero-order valence-electron chi connectivity index (χ0n) is 9.51. The number of nitrogens with zero attached hydrogens (tertiary/aromatic N) is 2. The van der Waals surface area contributed by atoms with Crippen LogP contribution in [-0.2, 0) is 0 Å². The Morgan fingerprint density at radius 1 is 1.33 bits per heavy atom. The van der Waals surface area contributed by atoms with Crippen LogP contribution in [0.3, 0.4) is 0 Å². The lowest BCUT2D eigenvalue weighted by Gasteiger charge is -2.10. The summed E-state index contributed by atoms with van der Waals surface area (Å²) in [5.41, 5.74) is 6.99. The van der Waals surface area contributed by atoms with Crippen LogP contribution in [0.4, 0.5) is 5.95 Å². The van der Waals surface area contributed by atoms with Crippen molar-refractivity contribution >= 4 is 27.8 Å². The molecule has 0 radical (unpaired) electrons. The summed E-state index contributed by atoms with van der Waals surface area (Å²) in [5, 5.41) is 9.25. The maximum Gasteiger partial charge on any atom is 0.339 e. The molecule has 2 rings (SSSR count). The van der Waals surface area contributed by atoms with Gasteiger partial charge in [-0.3, -0.25) is 0 Å². The van der Waals surface area contributed by atoms with Crippen molar-refractivity contribution < 1.29 is 9.90 Å². The highest BCUT2D eigenvalue weighted by atomic mass is 79.9. The molecule has 92 valence electrons. The molecule has 0 saturated heterocycles. The highest BCUT2D eigenvalue weighted by Crippen LogP contribution is 2.30. The minimum atomic E-state index is -1.07. The van der Waals surface area contributed by atoms with Crippen LogP contribution in [-0.4, -0.2) is 21.0 Å². The second-order valence-corrected chi connectivity index (χ2v) is 4.53. The highest BCUT2D eigenvalue weighted by molar-refractivity contribution is 9.10. The molecule has 0 aliphatic heterocycles. The largest absolute Gasteiger partial charge is 0.478 e. The molecule has 0 bridgehead atoms. The number of carboxylic acids is 1. The second-order valence-electron chi connectivity index (χ2n) is 3.68. The van der Waals surface area contributed by atoms with Crippen LogP contribution >= 0.6 is 15.9 Å². The van der Waals surface area contributed by atoms with Crippen molar-refractivity contribution in [2.75, 3.05) is 5.73 Å². The molecule has 0 saturated carbocycles. The van der Waals surface area contributed by atoms with Gasteiger partial charge in [-0.2, -0.15) is 0 Å². The molecule has 0 atom stereocenters. The predicted molar refractivity (Wildman–Crippen MR) is 71.3 cm³/mol. The molecule has 0 spiro atoms. The van der Waals surface area contributed by atoms with Gasteiger partial charge < -0.3 is 10.8 Å². The number of carboxylic acid groups (broad SMARTS) is 1.